The molecule has 0 aliphatic heterocycles. The number of thioether (sulfide) groups is 1. The minimum Gasteiger partial charge on any atom is -0.370 e. The van der Waals surface area contributed by atoms with Gasteiger partial charge in [-0.2, -0.15) is 0 Å². The fourth-order valence-corrected chi connectivity index (χ4v) is 4.21. The maximum Gasteiger partial charge on any atom is 0.262 e. The quantitative estimate of drug-likeness (QED) is 0.278. The van der Waals surface area contributed by atoms with Crippen LogP contribution in [-0.4, -0.2) is 38.6 Å². The van der Waals surface area contributed by atoms with Gasteiger partial charge in [-0.3, -0.25) is 19.0 Å². The molecule has 0 fully saturated rings. The Morgan fingerprint density at radius 2 is 1.97 bits per heavy atom. The number of carbonyl (C=O) groups excluding carboxylic acids is 2. The normalized spacial score (nSPS) is 10.8. The van der Waals surface area contributed by atoms with Crippen molar-refractivity contribution in [2.45, 2.75) is 24.7 Å². The SMILES string of the molecule is C=CCn1c(SCC(=O)N(CCC(N)=O)Cc2ccccc2)nc2cc(Cl)ccc2c1=O. The molecule has 0 aliphatic carbocycles. The molecule has 32 heavy (non-hydrogen) atoms. The van der Waals surface area contributed by atoms with Crippen molar-refractivity contribution in [1.82, 2.24) is 14.5 Å². The first-order valence-electron chi connectivity index (χ1n) is 9.93. The van der Waals surface area contributed by atoms with Gasteiger partial charge in [0.2, 0.25) is 11.8 Å². The van der Waals surface area contributed by atoms with Crippen LogP contribution >= 0.6 is 23.4 Å². The number of hydrogen-bond acceptors (Lipinski definition) is 5. The van der Waals surface area contributed by atoms with E-state index in [9.17, 15) is 14.4 Å². The van der Waals surface area contributed by atoms with Crippen molar-refractivity contribution >= 4 is 46.1 Å². The Morgan fingerprint density at radius 1 is 1.22 bits per heavy atom. The molecule has 2 N–H and O–H groups in total. The summed E-state index contributed by atoms with van der Waals surface area (Å²) in [6.45, 7) is 4.53. The van der Waals surface area contributed by atoms with Gasteiger partial charge in [-0.15, -0.1) is 6.58 Å². The smallest absolute Gasteiger partial charge is 0.262 e. The van der Waals surface area contributed by atoms with E-state index in [0.717, 1.165) is 17.3 Å². The Bertz CT molecular complexity index is 1200. The minimum atomic E-state index is -0.476. The topological polar surface area (TPSA) is 98.3 Å². The molecular formula is C23H23ClN4O3S. The highest BCUT2D eigenvalue weighted by molar-refractivity contribution is 7.99. The number of hydrogen-bond donors (Lipinski definition) is 1. The standard InChI is InChI=1S/C23H23ClN4O3S/c1-2-11-28-22(31)18-9-8-17(24)13-19(18)26-23(28)32-15-21(30)27(12-10-20(25)29)14-16-6-4-3-5-7-16/h2-9,13H,1,10-12,14-15H2,(H2,25,29). The van der Waals surface area contributed by atoms with Crippen LogP contribution in [-0.2, 0) is 22.7 Å². The molecule has 9 heteroatoms. The number of halogens is 1. The van der Waals surface area contributed by atoms with E-state index in [1.165, 1.54) is 4.57 Å². The molecule has 3 rings (SSSR count). The summed E-state index contributed by atoms with van der Waals surface area (Å²) in [5.74, 6) is -0.622. The van der Waals surface area contributed by atoms with Crippen LogP contribution in [0.4, 0.5) is 0 Å². The molecule has 0 saturated heterocycles. The van der Waals surface area contributed by atoms with E-state index in [-0.39, 0.29) is 36.7 Å². The second-order valence-corrected chi connectivity index (χ2v) is 8.45. The van der Waals surface area contributed by atoms with Gasteiger partial charge in [-0.25, -0.2) is 4.98 Å². The number of nitrogens with two attached hydrogens (primary N) is 1. The lowest BCUT2D eigenvalue weighted by Gasteiger charge is -2.22. The fourth-order valence-electron chi connectivity index (χ4n) is 3.13. The third-order valence-electron chi connectivity index (χ3n) is 4.72. The molecule has 2 amide bonds. The third kappa shape index (κ3) is 5.99. The van der Waals surface area contributed by atoms with E-state index in [1.807, 2.05) is 30.3 Å². The molecule has 0 aliphatic rings. The van der Waals surface area contributed by atoms with Crippen molar-refractivity contribution in [2.24, 2.45) is 5.73 Å². The molecule has 1 heterocycles. The monoisotopic (exact) mass is 470 g/mol. The number of carbonyl (C=O) groups is 2. The maximum atomic E-state index is 13.0. The zero-order chi connectivity index (χ0) is 23.1. The Balaban J connectivity index is 1.84. The van der Waals surface area contributed by atoms with Gasteiger partial charge in [0.05, 0.1) is 16.7 Å². The van der Waals surface area contributed by atoms with Crippen molar-refractivity contribution in [3.8, 4) is 0 Å². The van der Waals surface area contributed by atoms with Crippen LogP contribution in [0, 0.1) is 0 Å². The second kappa shape index (κ2) is 11.0. The van der Waals surface area contributed by atoms with Crippen LogP contribution in [0.15, 0.2) is 71.1 Å². The van der Waals surface area contributed by atoms with Gasteiger partial charge in [-0.05, 0) is 23.8 Å². The summed E-state index contributed by atoms with van der Waals surface area (Å²) in [5, 5.41) is 1.31. The van der Waals surface area contributed by atoms with Crippen molar-refractivity contribution in [2.75, 3.05) is 12.3 Å². The summed E-state index contributed by atoms with van der Waals surface area (Å²) >= 11 is 7.22. The molecule has 0 radical (unpaired) electrons. The van der Waals surface area contributed by atoms with Crippen LogP contribution in [0.25, 0.3) is 10.9 Å². The van der Waals surface area contributed by atoms with Gasteiger partial charge in [0, 0.05) is 31.1 Å². The fraction of sp³-hybridized carbons (Fsp3) is 0.217. The lowest BCUT2D eigenvalue weighted by molar-refractivity contribution is -0.129. The molecule has 7 nitrogen and oxygen atoms in total. The molecule has 3 aromatic rings. The minimum absolute atomic E-state index is 0.0429. The summed E-state index contributed by atoms with van der Waals surface area (Å²) < 4.78 is 1.48. The first-order chi connectivity index (χ1) is 15.4. The van der Waals surface area contributed by atoms with Crippen LogP contribution < -0.4 is 11.3 Å². The molecule has 0 saturated carbocycles. The first-order valence-corrected chi connectivity index (χ1v) is 11.3. The van der Waals surface area contributed by atoms with Gasteiger partial charge in [-0.1, -0.05) is 59.8 Å². The van der Waals surface area contributed by atoms with E-state index < -0.39 is 5.91 Å². The lowest BCUT2D eigenvalue weighted by Crippen LogP contribution is -2.35. The Hall–Kier alpha value is -3.10. The number of fused-ring (bicyclic) bond motifs is 1. The average Bonchev–Trinajstić information content (AvgIpc) is 2.77. The second-order valence-electron chi connectivity index (χ2n) is 7.07. The zero-order valence-electron chi connectivity index (χ0n) is 17.4. The van der Waals surface area contributed by atoms with Crippen LogP contribution in [0.2, 0.25) is 5.02 Å². The van der Waals surface area contributed by atoms with Gasteiger partial charge < -0.3 is 10.6 Å². The Morgan fingerprint density at radius 3 is 2.66 bits per heavy atom. The number of benzene rings is 2. The van der Waals surface area contributed by atoms with E-state index in [4.69, 9.17) is 17.3 Å². The highest BCUT2D eigenvalue weighted by atomic mass is 35.5. The predicted molar refractivity (Wildman–Crippen MR) is 128 cm³/mol. The number of rotatable bonds is 10. The summed E-state index contributed by atoms with van der Waals surface area (Å²) in [4.78, 5) is 43.3. The van der Waals surface area contributed by atoms with E-state index in [2.05, 4.69) is 11.6 Å². The molecule has 166 valence electrons. The van der Waals surface area contributed by atoms with Gasteiger partial charge in [0.25, 0.3) is 5.56 Å². The maximum absolute atomic E-state index is 13.0. The van der Waals surface area contributed by atoms with Crippen molar-refractivity contribution in [3.63, 3.8) is 0 Å². The van der Waals surface area contributed by atoms with E-state index >= 15 is 0 Å². The number of amides is 2. The Kier molecular flexibility index (Phi) is 8.08. The van der Waals surface area contributed by atoms with Crippen molar-refractivity contribution in [3.05, 3.63) is 82.1 Å². The zero-order valence-corrected chi connectivity index (χ0v) is 18.9. The van der Waals surface area contributed by atoms with Crippen LogP contribution in [0.1, 0.15) is 12.0 Å². The highest BCUT2D eigenvalue weighted by Gasteiger charge is 2.18. The molecule has 0 atom stereocenters. The largest absolute Gasteiger partial charge is 0.370 e. The molecule has 0 unspecified atom stereocenters. The average molecular weight is 471 g/mol. The third-order valence-corrected chi connectivity index (χ3v) is 5.91. The molecule has 1 aromatic heterocycles. The van der Waals surface area contributed by atoms with Crippen LogP contribution in [0.5, 0.6) is 0 Å². The summed E-state index contributed by atoms with van der Waals surface area (Å²) in [5.41, 5.74) is 6.47. The van der Waals surface area contributed by atoms with Gasteiger partial charge in [0.1, 0.15) is 0 Å². The lowest BCUT2D eigenvalue weighted by atomic mass is 10.2. The van der Waals surface area contributed by atoms with Crippen molar-refractivity contribution < 1.29 is 9.59 Å². The van der Waals surface area contributed by atoms with Gasteiger partial charge in [0.15, 0.2) is 5.16 Å². The summed E-state index contributed by atoms with van der Waals surface area (Å²) in [6, 6.07) is 14.4. The summed E-state index contributed by atoms with van der Waals surface area (Å²) in [7, 11) is 0. The first kappa shape index (κ1) is 23.6. The van der Waals surface area contributed by atoms with Crippen molar-refractivity contribution in [1.29, 1.82) is 0 Å². The highest BCUT2D eigenvalue weighted by Crippen LogP contribution is 2.21. The van der Waals surface area contributed by atoms with E-state index in [1.54, 1.807) is 29.2 Å². The number of allylic oxidation sites excluding steroid dienone is 1. The van der Waals surface area contributed by atoms with E-state index in [0.29, 0.717) is 27.6 Å². The number of aromatic nitrogens is 2. The van der Waals surface area contributed by atoms with Crippen LogP contribution in [0.3, 0.4) is 0 Å². The number of primary amides is 1. The molecule has 2 aromatic carbocycles. The predicted octanol–water partition coefficient (Wildman–Crippen LogP) is 3.23. The van der Waals surface area contributed by atoms with Gasteiger partial charge >= 0.3 is 0 Å². The number of nitrogens with zero attached hydrogens (tertiary/aromatic N) is 3. The molecular weight excluding hydrogens is 448 g/mol. The molecule has 0 bridgehead atoms. The summed E-state index contributed by atoms with van der Waals surface area (Å²) in [6.07, 6.45) is 1.67. The Labute approximate surface area is 194 Å². The molecule has 0 spiro atoms.